The van der Waals surface area contributed by atoms with Crippen LogP contribution in [0.4, 0.5) is 0 Å². The van der Waals surface area contributed by atoms with Gasteiger partial charge in [-0.2, -0.15) is 8.42 Å². The molecular weight excluding hydrogens is 178 g/mol. The van der Waals surface area contributed by atoms with Crippen molar-refractivity contribution in [1.29, 1.82) is 0 Å². The zero-order chi connectivity index (χ0) is 4.50. The van der Waals surface area contributed by atoms with E-state index in [4.69, 9.17) is 17.5 Å². The van der Waals surface area contributed by atoms with E-state index >= 15 is 0 Å². The van der Waals surface area contributed by atoms with Gasteiger partial charge in [-0.1, -0.05) is 0 Å². The molecule has 0 amide bonds. The molecule has 7 heavy (non-hydrogen) atoms. The summed E-state index contributed by atoms with van der Waals surface area (Å²) in [6.45, 7) is 0. The second-order valence-electron chi connectivity index (χ2n) is 0.448. The van der Waals surface area contributed by atoms with Crippen LogP contribution >= 0.6 is 0 Å². The fourth-order valence-electron chi connectivity index (χ4n) is 0. The average molecular weight is 181 g/mol. The van der Waals surface area contributed by atoms with Crippen LogP contribution in [0.1, 0.15) is 1.43 Å². The second-order valence-corrected chi connectivity index (χ2v) is 1.34. The van der Waals surface area contributed by atoms with Crippen LogP contribution < -0.4 is 29.6 Å². The number of hydrogen-bond acceptors (Lipinski definition) is 2. The van der Waals surface area contributed by atoms with Crippen molar-refractivity contribution >= 4 is 10.4 Å². The van der Waals surface area contributed by atoms with Gasteiger partial charge in [-0.25, -0.2) is 0 Å². The molecule has 0 aliphatic rings. The molecule has 0 atom stereocenters. The monoisotopic (exact) mass is 181 g/mol. The largest absolute Gasteiger partial charge is 1.00 e. The molecule has 0 bridgehead atoms. The van der Waals surface area contributed by atoms with E-state index in [0.29, 0.717) is 0 Å². The van der Waals surface area contributed by atoms with Crippen LogP contribution in [-0.4, -0.2) is 17.5 Å². The molecule has 0 aliphatic carbocycles. The Hall–Kier alpha value is 1.38. The molecule has 0 aromatic carbocycles. The Bertz CT molecular complexity index is 99.2. The summed E-state index contributed by atoms with van der Waals surface area (Å²) in [6, 6.07) is 0. The van der Waals surface area contributed by atoms with E-state index in [9.17, 15) is 0 Å². The molecule has 0 unspecified atom stereocenters. The van der Waals surface area contributed by atoms with Gasteiger partial charge in [0.05, 0.1) is 0 Å². The fourth-order valence-corrected chi connectivity index (χ4v) is 0. The maximum absolute atomic E-state index is 8.74. The van der Waals surface area contributed by atoms with Crippen LogP contribution in [0.2, 0.25) is 0 Å². The summed E-state index contributed by atoms with van der Waals surface area (Å²) in [7, 11) is -4.67. The third-order valence-electron chi connectivity index (χ3n) is 0. The van der Waals surface area contributed by atoms with E-state index in [2.05, 4.69) is 0 Å². The summed E-state index contributed by atoms with van der Waals surface area (Å²) < 4.78 is 31.6. The van der Waals surface area contributed by atoms with Crippen LogP contribution in [0, 0.1) is 0 Å². The van der Waals surface area contributed by atoms with Crippen molar-refractivity contribution in [3.05, 3.63) is 0 Å². The van der Waals surface area contributed by atoms with Crippen LogP contribution in [-0.2, 0) is 27.2 Å². The summed E-state index contributed by atoms with van der Waals surface area (Å²) in [4.78, 5) is 0. The zero-order valence-electron chi connectivity index (χ0n) is 4.45. The molecule has 0 spiro atoms. The Morgan fingerprint density at radius 1 is 1.29 bits per heavy atom. The summed E-state index contributed by atoms with van der Waals surface area (Å²) >= 11 is 0. The Morgan fingerprint density at radius 2 is 1.29 bits per heavy atom. The number of rotatable bonds is 0. The van der Waals surface area contributed by atoms with Gasteiger partial charge in [0, 0.05) is 16.8 Å². The van der Waals surface area contributed by atoms with Crippen molar-refractivity contribution < 1.29 is 65.3 Å². The molecule has 0 saturated heterocycles. The van der Waals surface area contributed by atoms with Crippen molar-refractivity contribution in [3.8, 4) is 0 Å². The van der Waals surface area contributed by atoms with Crippen LogP contribution in [0.25, 0.3) is 0 Å². The Morgan fingerprint density at radius 3 is 1.29 bits per heavy atom. The predicted molar refractivity (Wildman–Crippen MR) is 15.3 cm³/mol. The maximum atomic E-state index is 8.74. The molecule has 0 aromatic rings. The topological polar surface area (TPSA) is 74.6 Å². The summed E-state index contributed by atoms with van der Waals surface area (Å²) in [5, 5.41) is 0. The van der Waals surface area contributed by atoms with Crippen LogP contribution in [0.5, 0.6) is 0 Å². The minimum Gasteiger partial charge on any atom is -1.00 e. The normalized spacial score (nSPS) is 8.29. The van der Waals surface area contributed by atoms with Gasteiger partial charge in [0.15, 0.2) is 0 Å². The van der Waals surface area contributed by atoms with Gasteiger partial charge in [-0.3, -0.25) is 9.11 Å². The molecule has 4 nitrogen and oxygen atoms in total. The van der Waals surface area contributed by atoms with E-state index in [0.717, 1.165) is 0 Å². The predicted octanol–water partition coefficient (Wildman–Crippen LogP) is -3.54. The van der Waals surface area contributed by atoms with Gasteiger partial charge in [-0.15, -0.1) is 0 Å². The molecule has 1 radical (unpaired) electrons. The molecule has 0 aliphatic heterocycles. The van der Waals surface area contributed by atoms with E-state index < -0.39 is 10.4 Å². The Kier molecular flexibility index (Phi) is 12.4. The molecule has 0 fully saturated rings. The number of hydrogen-bond donors (Lipinski definition) is 2. The van der Waals surface area contributed by atoms with E-state index in [1.807, 2.05) is 0 Å². The summed E-state index contributed by atoms with van der Waals surface area (Å²) in [6.07, 6.45) is 0. The van der Waals surface area contributed by atoms with Gasteiger partial charge in [-0.05, 0) is 0 Å². The van der Waals surface area contributed by atoms with Crippen molar-refractivity contribution in [3.63, 3.8) is 0 Å². The molecule has 0 heterocycles. The van der Waals surface area contributed by atoms with E-state index in [1.165, 1.54) is 0 Å². The quantitative estimate of drug-likeness (QED) is 0.300. The van der Waals surface area contributed by atoms with Crippen LogP contribution in [0.15, 0.2) is 0 Å². The molecule has 0 aromatic heterocycles. The van der Waals surface area contributed by atoms with Crippen molar-refractivity contribution in [2.24, 2.45) is 0 Å². The average Bonchev–Trinajstić information content (AvgIpc) is 0.722. The molecule has 0 rings (SSSR count). The van der Waals surface area contributed by atoms with Gasteiger partial charge in [0.2, 0.25) is 0 Å². The van der Waals surface area contributed by atoms with Gasteiger partial charge >= 0.3 is 40.0 Å². The van der Waals surface area contributed by atoms with Crippen molar-refractivity contribution in [1.82, 2.24) is 0 Å². The maximum Gasteiger partial charge on any atom is 1.00 e. The minimum atomic E-state index is -4.67. The first-order valence-electron chi connectivity index (χ1n) is 0.698. The van der Waals surface area contributed by atoms with Gasteiger partial charge in [0.25, 0.3) is 0 Å². The Balaban J connectivity index is -0.0000000267. The second kappa shape index (κ2) is 5.51. The first kappa shape index (κ1) is 15.8. The third-order valence-corrected chi connectivity index (χ3v) is 0. The standard InChI is InChI=1S/Co.Na.H2O4S.H/c;;1-5(2,3)4;/h;;(H2,1,2,3,4);/q;+1;;-1. The van der Waals surface area contributed by atoms with E-state index in [-0.39, 0.29) is 47.8 Å². The fraction of sp³-hybridized carbons (Fsp3) is 0. The molecule has 43 valence electrons. The third kappa shape index (κ3) is 113. The smallest absolute Gasteiger partial charge is 1.00 e. The minimum absolute atomic E-state index is 0. The SMILES string of the molecule is O=S(=O)(O)O.[Co].[H-].[Na+]. The molecule has 0 saturated carbocycles. The van der Waals surface area contributed by atoms with Gasteiger partial charge in [0.1, 0.15) is 0 Å². The molecular formula is H3CoNaO4S. The van der Waals surface area contributed by atoms with Crippen molar-refractivity contribution in [2.45, 2.75) is 0 Å². The van der Waals surface area contributed by atoms with Crippen molar-refractivity contribution in [2.75, 3.05) is 0 Å². The van der Waals surface area contributed by atoms with Gasteiger partial charge < -0.3 is 1.43 Å². The molecule has 7 heteroatoms. The summed E-state index contributed by atoms with van der Waals surface area (Å²) in [5.41, 5.74) is 0. The molecule has 2 N–H and O–H groups in total. The first-order valence-corrected chi connectivity index (χ1v) is 2.10. The Labute approximate surface area is 75.2 Å². The summed E-state index contributed by atoms with van der Waals surface area (Å²) in [5.74, 6) is 0. The van der Waals surface area contributed by atoms with Crippen LogP contribution in [0.3, 0.4) is 0 Å². The zero-order valence-corrected chi connectivity index (χ0v) is 7.31. The van der Waals surface area contributed by atoms with E-state index in [1.54, 1.807) is 0 Å². The first-order chi connectivity index (χ1) is 2.00.